The Bertz CT molecular complexity index is 685. The summed E-state index contributed by atoms with van der Waals surface area (Å²) in [6.45, 7) is 2.11. The molecule has 3 heteroatoms. The van der Waals surface area contributed by atoms with Crippen LogP contribution in [0.5, 0.6) is 0 Å². The second-order valence-corrected chi connectivity index (χ2v) is 5.68. The van der Waals surface area contributed by atoms with Crippen LogP contribution in [0.2, 0.25) is 0 Å². The highest BCUT2D eigenvalue weighted by atomic mass is 32.2. The van der Waals surface area contributed by atoms with Gasteiger partial charge in [0.05, 0.1) is 11.6 Å². The number of aliphatic hydroxyl groups excluding tert-OH is 1. The number of nitrogens with one attached hydrogen (secondary N) is 1. The van der Waals surface area contributed by atoms with Crippen LogP contribution in [0.15, 0.2) is 58.5 Å². The molecule has 3 rings (SSSR count). The van der Waals surface area contributed by atoms with E-state index in [1.807, 2.05) is 25.1 Å². The number of benzene rings is 2. The molecule has 2 N–H and O–H groups in total. The van der Waals surface area contributed by atoms with Crippen molar-refractivity contribution in [3.8, 4) is 0 Å². The minimum Gasteiger partial charge on any atom is -0.392 e. The molecule has 0 aliphatic carbocycles. The molecule has 0 radical (unpaired) electrons. The minimum absolute atomic E-state index is 0.0737. The van der Waals surface area contributed by atoms with Crippen molar-refractivity contribution in [3.63, 3.8) is 0 Å². The van der Waals surface area contributed by atoms with Crippen molar-refractivity contribution >= 4 is 22.7 Å². The van der Waals surface area contributed by atoms with E-state index in [0.717, 1.165) is 21.0 Å². The van der Waals surface area contributed by atoms with Crippen molar-refractivity contribution < 1.29 is 5.11 Å². The summed E-state index contributed by atoms with van der Waals surface area (Å²) in [4.78, 5) is 4.49. The molecule has 3 aromatic rings. The molecule has 0 amide bonds. The first-order valence-electron chi connectivity index (χ1n) is 6.22. The van der Waals surface area contributed by atoms with E-state index < -0.39 is 0 Å². The number of H-pyrrole nitrogens is 1. The smallest absolute Gasteiger partial charge is 0.0781 e. The van der Waals surface area contributed by atoms with Crippen LogP contribution in [-0.2, 0) is 6.61 Å². The van der Waals surface area contributed by atoms with Crippen molar-refractivity contribution in [2.24, 2.45) is 0 Å². The highest BCUT2D eigenvalue weighted by Crippen LogP contribution is 2.32. The van der Waals surface area contributed by atoms with Gasteiger partial charge in [0.2, 0.25) is 0 Å². The summed E-state index contributed by atoms with van der Waals surface area (Å²) >= 11 is 1.66. The van der Waals surface area contributed by atoms with Crippen LogP contribution in [0.25, 0.3) is 10.9 Å². The van der Waals surface area contributed by atoms with Gasteiger partial charge in [-0.2, -0.15) is 0 Å². The highest BCUT2D eigenvalue weighted by molar-refractivity contribution is 7.99. The summed E-state index contributed by atoms with van der Waals surface area (Å²) in [5.41, 5.74) is 3.29. The molecule has 1 heterocycles. The monoisotopic (exact) mass is 269 g/mol. The van der Waals surface area contributed by atoms with Gasteiger partial charge in [-0.1, -0.05) is 47.7 Å². The van der Waals surface area contributed by atoms with Crippen LogP contribution in [-0.4, -0.2) is 10.1 Å². The van der Waals surface area contributed by atoms with E-state index >= 15 is 0 Å². The molecule has 2 aromatic carbocycles. The van der Waals surface area contributed by atoms with Gasteiger partial charge in [0.1, 0.15) is 0 Å². The van der Waals surface area contributed by atoms with Gasteiger partial charge in [0.15, 0.2) is 0 Å². The Hall–Kier alpha value is -1.71. The topological polar surface area (TPSA) is 36.0 Å². The summed E-state index contributed by atoms with van der Waals surface area (Å²) in [5.74, 6) is 0. The predicted octanol–water partition coefficient (Wildman–Crippen LogP) is 4.12. The third kappa shape index (κ3) is 2.53. The van der Waals surface area contributed by atoms with Crippen molar-refractivity contribution in [1.29, 1.82) is 0 Å². The van der Waals surface area contributed by atoms with Gasteiger partial charge in [-0.3, -0.25) is 0 Å². The van der Waals surface area contributed by atoms with Crippen molar-refractivity contribution in [3.05, 3.63) is 59.7 Å². The quantitative estimate of drug-likeness (QED) is 0.750. The lowest BCUT2D eigenvalue weighted by Crippen LogP contribution is -1.88. The lowest BCUT2D eigenvalue weighted by Gasteiger charge is -2.06. The second-order valence-electron chi connectivity index (χ2n) is 4.59. The van der Waals surface area contributed by atoms with Gasteiger partial charge in [-0.05, 0) is 30.7 Å². The molecule has 96 valence electrons. The number of rotatable bonds is 3. The Morgan fingerprint density at radius 1 is 1.11 bits per heavy atom. The molecule has 19 heavy (non-hydrogen) atoms. The zero-order valence-electron chi connectivity index (χ0n) is 10.7. The van der Waals surface area contributed by atoms with E-state index in [1.54, 1.807) is 11.8 Å². The zero-order valence-corrected chi connectivity index (χ0v) is 11.5. The van der Waals surface area contributed by atoms with Crippen LogP contribution in [0.1, 0.15) is 11.1 Å². The Balaban J connectivity index is 1.96. The number of aromatic amines is 1. The normalized spacial score (nSPS) is 11.1. The number of hydrogen-bond donors (Lipinski definition) is 2. The first-order chi connectivity index (χ1) is 9.26. The number of fused-ring (bicyclic) bond motifs is 1. The number of hydrogen-bond acceptors (Lipinski definition) is 2. The van der Waals surface area contributed by atoms with E-state index in [4.69, 9.17) is 0 Å². The maximum absolute atomic E-state index is 9.44. The van der Waals surface area contributed by atoms with Crippen LogP contribution >= 0.6 is 11.8 Å². The van der Waals surface area contributed by atoms with Crippen molar-refractivity contribution in [1.82, 2.24) is 4.98 Å². The fraction of sp³-hybridized carbons (Fsp3) is 0.125. The predicted molar refractivity (Wildman–Crippen MR) is 79.5 cm³/mol. The molecule has 0 unspecified atom stereocenters. The molecule has 1 aromatic heterocycles. The summed E-state index contributed by atoms with van der Waals surface area (Å²) in [5, 5.41) is 11.7. The number of para-hydroxylation sites is 1. The highest BCUT2D eigenvalue weighted by Gasteiger charge is 2.06. The van der Waals surface area contributed by atoms with Gasteiger partial charge in [0, 0.05) is 15.8 Å². The molecule has 0 saturated carbocycles. The van der Waals surface area contributed by atoms with E-state index in [9.17, 15) is 5.11 Å². The second kappa shape index (κ2) is 5.11. The minimum atomic E-state index is 0.0737. The Labute approximate surface area is 116 Å². The van der Waals surface area contributed by atoms with Gasteiger partial charge >= 0.3 is 0 Å². The van der Waals surface area contributed by atoms with E-state index in [1.165, 1.54) is 10.9 Å². The fourth-order valence-corrected chi connectivity index (χ4v) is 3.13. The SMILES string of the molecule is Cc1ccc(Sc2cc3ccccc3[nH]2)c(CO)c1. The lowest BCUT2D eigenvalue weighted by molar-refractivity contribution is 0.279. The largest absolute Gasteiger partial charge is 0.392 e. The van der Waals surface area contributed by atoms with E-state index in [0.29, 0.717) is 0 Å². The third-order valence-electron chi connectivity index (χ3n) is 3.11. The summed E-state index contributed by atoms with van der Waals surface area (Å²) < 4.78 is 0. The van der Waals surface area contributed by atoms with E-state index in [-0.39, 0.29) is 6.61 Å². The Morgan fingerprint density at radius 2 is 1.95 bits per heavy atom. The van der Waals surface area contributed by atoms with E-state index in [2.05, 4.69) is 35.3 Å². The van der Waals surface area contributed by atoms with Gasteiger partial charge < -0.3 is 10.1 Å². The first-order valence-corrected chi connectivity index (χ1v) is 7.04. The Morgan fingerprint density at radius 3 is 2.74 bits per heavy atom. The summed E-state index contributed by atoms with van der Waals surface area (Å²) in [6, 6.07) is 16.5. The molecule has 0 saturated heterocycles. The fourth-order valence-electron chi connectivity index (χ4n) is 2.15. The third-order valence-corrected chi connectivity index (χ3v) is 4.17. The summed E-state index contributed by atoms with van der Waals surface area (Å²) in [7, 11) is 0. The lowest BCUT2D eigenvalue weighted by atomic mass is 10.1. The summed E-state index contributed by atoms with van der Waals surface area (Å²) in [6.07, 6.45) is 0. The molecule has 0 aliphatic rings. The van der Waals surface area contributed by atoms with Crippen LogP contribution in [0.3, 0.4) is 0 Å². The van der Waals surface area contributed by atoms with Crippen LogP contribution in [0, 0.1) is 6.92 Å². The van der Waals surface area contributed by atoms with Gasteiger partial charge in [-0.15, -0.1) is 0 Å². The van der Waals surface area contributed by atoms with Gasteiger partial charge in [0.25, 0.3) is 0 Å². The Kier molecular flexibility index (Phi) is 3.32. The molecule has 0 atom stereocenters. The average molecular weight is 269 g/mol. The number of aromatic nitrogens is 1. The van der Waals surface area contributed by atoms with Crippen molar-refractivity contribution in [2.45, 2.75) is 23.5 Å². The van der Waals surface area contributed by atoms with Crippen LogP contribution < -0.4 is 0 Å². The maximum Gasteiger partial charge on any atom is 0.0781 e. The number of aliphatic hydroxyl groups is 1. The maximum atomic E-state index is 9.44. The molecule has 0 aliphatic heterocycles. The average Bonchev–Trinajstić information content (AvgIpc) is 2.83. The molecule has 2 nitrogen and oxygen atoms in total. The standard InChI is InChI=1S/C16H15NOS/c1-11-6-7-15(13(8-11)10-18)19-16-9-12-4-2-3-5-14(12)17-16/h2-9,17-18H,10H2,1H3. The number of aryl methyl sites for hydroxylation is 1. The van der Waals surface area contributed by atoms with Crippen molar-refractivity contribution in [2.75, 3.05) is 0 Å². The molecule has 0 fully saturated rings. The first kappa shape index (κ1) is 12.3. The zero-order chi connectivity index (χ0) is 13.2. The molecular formula is C16H15NOS. The molecular weight excluding hydrogens is 254 g/mol. The molecule has 0 spiro atoms. The van der Waals surface area contributed by atoms with Gasteiger partial charge in [-0.25, -0.2) is 0 Å². The van der Waals surface area contributed by atoms with Crippen LogP contribution in [0.4, 0.5) is 0 Å². The molecule has 0 bridgehead atoms.